The lowest BCUT2D eigenvalue weighted by atomic mass is 10.2. The second-order valence-corrected chi connectivity index (χ2v) is 10.4. The summed E-state index contributed by atoms with van der Waals surface area (Å²) in [5.74, 6) is 0. The maximum atomic E-state index is 10.1. The highest BCUT2D eigenvalue weighted by Crippen LogP contribution is 2.36. The van der Waals surface area contributed by atoms with E-state index >= 15 is 0 Å². The van der Waals surface area contributed by atoms with Crippen LogP contribution in [-0.4, -0.2) is 21.2 Å². The van der Waals surface area contributed by atoms with E-state index in [2.05, 4.69) is 33.9 Å². The number of hydrogen-bond acceptors (Lipinski definition) is 2. The summed E-state index contributed by atoms with van der Waals surface area (Å²) < 4.78 is 5.91. The van der Waals surface area contributed by atoms with Gasteiger partial charge in [-0.25, -0.2) is 0 Å². The van der Waals surface area contributed by atoms with Gasteiger partial charge in [-0.15, -0.1) is 0 Å². The number of aldehydes is 1. The molecule has 0 unspecified atom stereocenters. The topological polar surface area (TPSA) is 26.3 Å². The van der Waals surface area contributed by atoms with Crippen LogP contribution in [0.3, 0.4) is 0 Å². The van der Waals surface area contributed by atoms with Crippen LogP contribution in [-0.2, 0) is 9.22 Å². The average molecular weight is 249 g/mol. The smallest absolute Gasteiger partial charge is 0.191 e. The van der Waals surface area contributed by atoms with Crippen LogP contribution in [0.1, 0.15) is 27.2 Å². The Kier molecular flexibility index (Phi) is 5.78. The van der Waals surface area contributed by atoms with Crippen LogP contribution in [0.15, 0.2) is 11.1 Å². The molecule has 0 aliphatic heterocycles. The molecule has 0 fully saturated rings. The van der Waals surface area contributed by atoms with E-state index in [0.717, 1.165) is 0 Å². The molecule has 0 spiro atoms. The summed E-state index contributed by atoms with van der Waals surface area (Å²) in [6, 6.07) is 0. The van der Waals surface area contributed by atoms with Gasteiger partial charge in [-0.2, -0.15) is 0 Å². The molecule has 2 nitrogen and oxygen atoms in total. The summed E-state index contributed by atoms with van der Waals surface area (Å²) >= 11 is 5.79. The normalized spacial score (nSPS) is 14.1. The lowest BCUT2D eigenvalue weighted by molar-refractivity contribution is -0.104. The number of carbonyl (C=O) groups excluding carboxylic acids is 1. The largest absolute Gasteiger partial charge is 0.416 e. The van der Waals surface area contributed by atoms with Gasteiger partial charge in [0, 0.05) is 18.1 Å². The van der Waals surface area contributed by atoms with E-state index in [0.29, 0.717) is 24.3 Å². The third-order valence-electron chi connectivity index (χ3n) is 2.86. The van der Waals surface area contributed by atoms with Gasteiger partial charge in [0.15, 0.2) is 8.32 Å². The minimum Gasteiger partial charge on any atom is -0.416 e. The Bertz CT molecular complexity index is 241. The van der Waals surface area contributed by atoms with E-state index in [-0.39, 0.29) is 5.04 Å². The molecular formula is C11H21ClO2Si. The van der Waals surface area contributed by atoms with Crippen LogP contribution in [0.4, 0.5) is 0 Å². The second kappa shape index (κ2) is 5.82. The van der Waals surface area contributed by atoms with E-state index in [1.807, 2.05) is 0 Å². The molecule has 0 aromatic rings. The molecule has 88 valence electrons. The van der Waals surface area contributed by atoms with Crippen molar-refractivity contribution in [3.8, 4) is 0 Å². The maximum Gasteiger partial charge on any atom is 0.191 e. The molecule has 0 saturated carbocycles. The van der Waals surface area contributed by atoms with Gasteiger partial charge in [-0.3, -0.25) is 4.79 Å². The van der Waals surface area contributed by atoms with Gasteiger partial charge in [-0.1, -0.05) is 32.4 Å². The summed E-state index contributed by atoms with van der Waals surface area (Å²) in [5, 5.41) is 0.775. The van der Waals surface area contributed by atoms with Crippen molar-refractivity contribution in [3.05, 3.63) is 11.1 Å². The van der Waals surface area contributed by atoms with Crippen molar-refractivity contribution < 1.29 is 9.22 Å². The van der Waals surface area contributed by atoms with Gasteiger partial charge in [0.1, 0.15) is 6.29 Å². The fourth-order valence-corrected chi connectivity index (χ4v) is 1.95. The van der Waals surface area contributed by atoms with E-state index in [1.165, 1.54) is 6.08 Å². The van der Waals surface area contributed by atoms with Crippen LogP contribution in [0, 0.1) is 0 Å². The Balaban J connectivity index is 4.07. The van der Waals surface area contributed by atoms with Crippen LogP contribution in [0.5, 0.6) is 0 Å². The number of carbonyl (C=O) groups is 1. The first-order valence-corrected chi connectivity index (χ1v) is 8.43. The molecule has 0 rings (SSSR count). The number of allylic oxidation sites excluding steroid dienone is 1. The Morgan fingerprint density at radius 1 is 1.40 bits per heavy atom. The predicted octanol–water partition coefficient (Wildman–Crippen LogP) is 3.72. The molecular weight excluding hydrogens is 228 g/mol. The highest BCUT2D eigenvalue weighted by atomic mass is 35.5. The van der Waals surface area contributed by atoms with Crippen molar-refractivity contribution in [3.63, 3.8) is 0 Å². The van der Waals surface area contributed by atoms with Gasteiger partial charge in [0.2, 0.25) is 0 Å². The molecule has 15 heavy (non-hydrogen) atoms. The fourth-order valence-electron chi connectivity index (χ4n) is 0.777. The van der Waals surface area contributed by atoms with Crippen molar-refractivity contribution in [2.75, 3.05) is 6.61 Å². The van der Waals surface area contributed by atoms with Crippen molar-refractivity contribution in [1.82, 2.24) is 0 Å². The Hall–Kier alpha value is -0.123. The van der Waals surface area contributed by atoms with Crippen molar-refractivity contribution in [1.29, 1.82) is 0 Å². The Morgan fingerprint density at radius 3 is 2.33 bits per heavy atom. The first-order valence-electron chi connectivity index (χ1n) is 5.14. The SMILES string of the molecule is CC(C)(C)[Si](C)(C)OCC/C(Cl)=C/C=O. The van der Waals surface area contributed by atoms with Crippen LogP contribution in [0.2, 0.25) is 18.1 Å². The molecule has 0 bridgehead atoms. The molecule has 0 aliphatic carbocycles. The van der Waals surface area contributed by atoms with Gasteiger partial charge < -0.3 is 4.43 Å². The number of halogens is 1. The summed E-state index contributed by atoms with van der Waals surface area (Å²) in [6.07, 6.45) is 2.69. The quantitative estimate of drug-likeness (QED) is 0.421. The molecule has 0 aromatic carbocycles. The molecule has 0 atom stereocenters. The van der Waals surface area contributed by atoms with Crippen molar-refractivity contribution >= 4 is 26.2 Å². The summed E-state index contributed by atoms with van der Waals surface area (Å²) in [7, 11) is -1.67. The van der Waals surface area contributed by atoms with Crippen LogP contribution in [0.25, 0.3) is 0 Å². The molecule has 0 heterocycles. The number of rotatable bonds is 5. The van der Waals surface area contributed by atoms with Crippen molar-refractivity contribution in [2.45, 2.75) is 45.3 Å². The molecule has 0 N–H and O–H groups in total. The van der Waals surface area contributed by atoms with E-state index < -0.39 is 8.32 Å². The molecule has 0 aromatic heterocycles. The zero-order valence-corrected chi connectivity index (χ0v) is 12.0. The lowest BCUT2D eigenvalue weighted by Crippen LogP contribution is -2.40. The van der Waals surface area contributed by atoms with Gasteiger partial charge in [-0.05, 0) is 24.2 Å². The fraction of sp³-hybridized carbons (Fsp3) is 0.727. The third kappa shape index (κ3) is 5.49. The Labute approximate surface area is 98.8 Å². The summed E-state index contributed by atoms with van der Waals surface area (Å²) in [5.41, 5.74) is 0. The molecule has 0 saturated heterocycles. The first kappa shape index (κ1) is 14.9. The van der Waals surface area contributed by atoms with Gasteiger partial charge in [0.25, 0.3) is 0 Å². The van der Waals surface area contributed by atoms with E-state index in [4.69, 9.17) is 16.0 Å². The minimum atomic E-state index is -1.67. The van der Waals surface area contributed by atoms with Gasteiger partial charge >= 0.3 is 0 Å². The van der Waals surface area contributed by atoms with Crippen LogP contribution < -0.4 is 0 Å². The highest BCUT2D eigenvalue weighted by Gasteiger charge is 2.36. The second-order valence-electron chi connectivity index (χ2n) is 5.11. The summed E-state index contributed by atoms with van der Waals surface area (Å²) in [6.45, 7) is 11.6. The highest BCUT2D eigenvalue weighted by molar-refractivity contribution is 6.74. The van der Waals surface area contributed by atoms with Crippen LogP contribution >= 0.6 is 11.6 Å². The molecule has 0 radical (unpaired) electrons. The monoisotopic (exact) mass is 248 g/mol. The number of hydrogen-bond donors (Lipinski definition) is 0. The Morgan fingerprint density at radius 2 is 1.93 bits per heavy atom. The standard InChI is InChI=1S/C11H21ClO2Si/c1-11(2,3)15(4,5)14-9-7-10(12)6-8-13/h6,8H,7,9H2,1-5H3/b10-6-. The average Bonchev–Trinajstić information content (AvgIpc) is 2.01. The van der Waals surface area contributed by atoms with Crippen molar-refractivity contribution in [2.24, 2.45) is 0 Å². The van der Waals surface area contributed by atoms with E-state index in [1.54, 1.807) is 0 Å². The third-order valence-corrected chi connectivity index (χ3v) is 7.71. The minimum absolute atomic E-state index is 0.216. The summed E-state index contributed by atoms with van der Waals surface area (Å²) in [4.78, 5) is 10.1. The molecule has 4 heteroatoms. The first-order chi connectivity index (χ1) is 6.70. The molecule has 0 aliphatic rings. The van der Waals surface area contributed by atoms with Gasteiger partial charge in [0.05, 0.1) is 0 Å². The molecule has 0 amide bonds. The zero-order valence-electron chi connectivity index (χ0n) is 10.3. The van der Waals surface area contributed by atoms with E-state index in [9.17, 15) is 4.79 Å². The lowest BCUT2D eigenvalue weighted by Gasteiger charge is -2.36. The maximum absolute atomic E-state index is 10.1. The predicted molar refractivity (Wildman–Crippen MR) is 67.8 cm³/mol. The zero-order chi connectivity index (χ0) is 12.1.